The van der Waals surface area contributed by atoms with Crippen molar-refractivity contribution in [3.8, 4) is 22.8 Å². The van der Waals surface area contributed by atoms with E-state index in [2.05, 4.69) is 31.0 Å². The molecule has 98 valence electrons. The predicted octanol–water partition coefficient (Wildman–Crippen LogP) is 3.64. The summed E-state index contributed by atoms with van der Waals surface area (Å²) in [7, 11) is 0. The van der Waals surface area contributed by atoms with Crippen LogP contribution in [0.25, 0.3) is 11.3 Å². The summed E-state index contributed by atoms with van der Waals surface area (Å²) < 4.78 is 11.1. The maximum Gasteiger partial charge on any atom is 0.162 e. The third kappa shape index (κ3) is 2.41. The molecule has 3 nitrogen and oxygen atoms in total. The van der Waals surface area contributed by atoms with Crippen molar-refractivity contribution in [3.63, 3.8) is 0 Å². The number of hydrogen-bond acceptors (Lipinski definition) is 3. The van der Waals surface area contributed by atoms with Crippen LogP contribution in [-0.2, 0) is 0 Å². The Kier molecular flexibility index (Phi) is 3.11. The van der Waals surface area contributed by atoms with Crippen molar-refractivity contribution in [2.24, 2.45) is 0 Å². The van der Waals surface area contributed by atoms with Crippen LogP contribution < -0.4 is 9.47 Å². The maximum atomic E-state index is 5.59. The Morgan fingerprint density at radius 1 is 1.00 bits per heavy atom. The minimum Gasteiger partial charge on any atom is -0.486 e. The molecule has 0 amide bonds. The third-order valence-electron chi connectivity index (χ3n) is 3.29. The van der Waals surface area contributed by atoms with E-state index in [-0.39, 0.29) is 0 Å². The topological polar surface area (TPSA) is 31.4 Å². The number of nitrogens with zero attached hydrogens (tertiary/aromatic N) is 1. The first-order chi connectivity index (χ1) is 9.24. The molecule has 19 heavy (non-hydrogen) atoms. The minimum absolute atomic E-state index is 0.502. The third-order valence-corrected chi connectivity index (χ3v) is 3.29. The minimum atomic E-state index is 0.502. The van der Waals surface area contributed by atoms with Crippen LogP contribution in [0.15, 0.2) is 36.5 Å². The molecule has 0 radical (unpaired) electrons. The van der Waals surface area contributed by atoms with E-state index in [1.54, 1.807) is 0 Å². The van der Waals surface area contributed by atoms with E-state index >= 15 is 0 Å². The number of pyridine rings is 1. The van der Waals surface area contributed by atoms with Crippen molar-refractivity contribution in [1.29, 1.82) is 0 Å². The van der Waals surface area contributed by atoms with Gasteiger partial charge in [0.1, 0.15) is 13.2 Å². The number of benzene rings is 1. The lowest BCUT2D eigenvalue weighted by Gasteiger charge is -2.18. The highest BCUT2D eigenvalue weighted by atomic mass is 16.6. The molecule has 0 bridgehead atoms. The summed E-state index contributed by atoms with van der Waals surface area (Å²) in [6.07, 6.45) is 1.94. The predicted molar refractivity (Wildman–Crippen MR) is 74.8 cm³/mol. The number of fused-ring (bicyclic) bond motifs is 1. The standard InChI is InChI=1S/C16H17NO2/c1-11(2)13-3-5-14(17-10-13)12-4-6-15-16(9-12)19-8-7-18-15/h3-6,9-11H,7-8H2,1-2H3. The van der Waals surface area contributed by atoms with Gasteiger partial charge < -0.3 is 9.47 Å². The lowest BCUT2D eigenvalue weighted by atomic mass is 10.0. The summed E-state index contributed by atoms with van der Waals surface area (Å²) >= 11 is 0. The van der Waals surface area contributed by atoms with Gasteiger partial charge in [-0.15, -0.1) is 0 Å². The number of hydrogen-bond donors (Lipinski definition) is 0. The van der Waals surface area contributed by atoms with Gasteiger partial charge in [0.25, 0.3) is 0 Å². The van der Waals surface area contributed by atoms with E-state index in [4.69, 9.17) is 9.47 Å². The van der Waals surface area contributed by atoms with Crippen molar-refractivity contribution >= 4 is 0 Å². The van der Waals surface area contributed by atoms with E-state index in [0.717, 1.165) is 22.8 Å². The van der Waals surface area contributed by atoms with Gasteiger partial charge in [-0.05, 0) is 35.7 Å². The molecule has 0 unspecified atom stereocenters. The Morgan fingerprint density at radius 3 is 2.47 bits per heavy atom. The molecule has 0 fully saturated rings. The molecule has 0 atom stereocenters. The zero-order valence-corrected chi connectivity index (χ0v) is 11.2. The van der Waals surface area contributed by atoms with Crippen LogP contribution in [-0.4, -0.2) is 18.2 Å². The fourth-order valence-corrected chi connectivity index (χ4v) is 2.12. The van der Waals surface area contributed by atoms with Gasteiger partial charge in [-0.1, -0.05) is 19.9 Å². The van der Waals surface area contributed by atoms with E-state index in [1.165, 1.54) is 5.56 Å². The van der Waals surface area contributed by atoms with Crippen molar-refractivity contribution in [2.75, 3.05) is 13.2 Å². The molecule has 2 heterocycles. The summed E-state index contributed by atoms with van der Waals surface area (Å²) in [5.74, 6) is 2.12. The maximum absolute atomic E-state index is 5.59. The summed E-state index contributed by atoms with van der Waals surface area (Å²) in [6, 6.07) is 10.1. The fourth-order valence-electron chi connectivity index (χ4n) is 2.12. The molecular formula is C16H17NO2. The van der Waals surface area contributed by atoms with E-state index in [0.29, 0.717) is 19.1 Å². The molecule has 1 aromatic heterocycles. The number of rotatable bonds is 2. The molecule has 0 spiro atoms. The monoisotopic (exact) mass is 255 g/mol. The summed E-state index contributed by atoms with van der Waals surface area (Å²) in [6.45, 7) is 5.56. The molecule has 0 saturated heterocycles. The summed E-state index contributed by atoms with van der Waals surface area (Å²) in [5, 5.41) is 0. The van der Waals surface area contributed by atoms with Crippen LogP contribution in [0, 0.1) is 0 Å². The first-order valence-electron chi connectivity index (χ1n) is 6.60. The molecule has 1 aliphatic heterocycles. The fraction of sp³-hybridized carbons (Fsp3) is 0.312. The molecular weight excluding hydrogens is 238 g/mol. The van der Waals surface area contributed by atoms with Crippen molar-refractivity contribution in [1.82, 2.24) is 4.98 Å². The average Bonchev–Trinajstić information content (AvgIpc) is 2.47. The van der Waals surface area contributed by atoms with Crippen LogP contribution in [0.2, 0.25) is 0 Å². The van der Waals surface area contributed by atoms with Gasteiger partial charge in [0, 0.05) is 11.8 Å². The Hall–Kier alpha value is -2.03. The van der Waals surface area contributed by atoms with Gasteiger partial charge in [-0.25, -0.2) is 0 Å². The smallest absolute Gasteiger partial charge is 0.162 e. The highest BCUT2D eigenvalue weighted by Crippen LogP contribution is 2.34. The Balaban J connectivity index is 1.93. The first kappa shape index (κ1) is 12.0. The van der Waals surface area contributed by atoms with E-state index in [9.17, 15) is 0 Å². The highest BCUT2D eigenvalue weighted by Gasteiger charge is 2.12. The van der Waals surface area contributed by atoms with E-state index in [1.807, 2.05) is 24.4 Å². The highest BCUT2D eigenvalue weighted by molar-refractivity contribution is 5.64. The average molecular weight is 255 g/mol. The molecule has 1 aliphatic rings. The zero-order valence-electron chi connectivity index (χ0n) is 11.2. The normalized spacial score (nSPS) is 13.6. The molecule has 0 saturated carbocycles. The molecule has 3 heteroatoms. The Morgan fingerprint density at radius 2 is 1.79 bits per heavy atom. The second kappa shape index (κ2) is 4.92. The lowest BCUT2D eigenvalue weighted by molar-refractivity contribution is 0.171. The van der Waals surface area contributed by atoms with Crippen LogP contribution in [0.1, 0.15) is 25.3 Å². The largest absolute Gasteiger partial charge is 0.486 e. The van der Waals surface area contributed by atoms with Crippen molar-refractivity contribution in [3.05, 3.63) is 42.1 Å². The lowest BCUT2D eigenvalue weighted by Crippen LogP contribution is -2.15. The number of ether oxygens (including phenoxy) is 2. The molecule has 3 rings (SSSR count). The zero-order chi connectivity index (χ0) is 13.2. The number of aromatic nitrogens is 1. The van der Waals surface area contributed by atoms with Crippen molar-refractivity contribution < 1.29 is 9.47 Å². The second-order valence-corrected chi connectivity index (χ2v) is 4.99. The second-order valence-electron chi connectivity index (χ2n) is 4.99. The molecule has 2 aromatic rings. The van der Waals surface area contributed by atoms with Gasteiger partial charge in [-0.2, -0.15) is 0 Å². The van der Waals surface area contributed by atoms with Gasteiger partial charge in [0.05, 0.1) is 5.69 Å². The van der Waals surface area contributed by atoms with Gasteiger partial charge in [0.15, 0.2) is 11.5 Å². The summed E-state index contributed by atoms with van der Waals surface area (Å²) in [4.78, 5) is 4.52. The van der Waals surface area contributed by atoms with Gasteiger partial charge >= 0.3 is 0 Å². The molecule has 1 aromatic carbocycles. The summed E-state index contributed by atoms with van der Waals surface area (Å²) in [5.41, 5.74) is 3.27. The van der Waals surface area contributed by atoms with Crippen LogP contribution >= 0.6 is 0 Å². The molecule has 0 N–H and O–H groups in total. The SMILES string of the molecule is CC(C)c1ccc(-c2ccc3c(c2)OCCO3)nc1. The molecule has 0 aliphatic carbocycles. The van der Waals surface area contributed by atoms with Gasteiger partial charge in [0.2, 0.25) is 0 Å². The van der Waals surface area contributed by atoms with Crippen LogP contribution in [0.5, 0.6) is 11.5 Å². The quantitative estimate of drug-likeness (QED) is 0.821. The van der Waals surface area contributed by atoms with Gasteiger partial charge in [-0.3, -0.25) is 4.98 Å². The van der Waals surface area contributed by atoms with Crippen LogP contribution in [0.3, 0.4) is 0 Å². The van der Waals surface area contributed by atoms with Crippen molar-refractivity contribution in [2.45, 2.75) is 19.8 Å². The first-order valence-corrected chi connectivity index (χ1v) is 6.60. The van der Waals surface area contributed by atoms with E-state index < -0.39 is 0 Å². The van der Waals surface area contributed by atoms with Crippen LogP contribution in [0.4, 0.5) is 0 Å². The Bertz CT molecular complexity index is 576. The Labute approximate surface area is 113 Å².